The maximum atomic E-state index is 14.7. The summed E-state index contributed by atoms with van der Waals surface area (Å²) < 4.78 is 57.8. The number of alkyl halides is 3. The second-order valence-corrected chi connectivity index (χ2v) is 8.71. The van der Waals surface area contributed by atoms with Crippen LogP contribution in [0.25, 0.3) is 22.3 Å². The third-order valence-electron chi connectivity index (χ3n) is 5.55. The molecule has 0 aliphatic heterocycles. The zero-order valence-electron chi connectivity index (χ0n) is 18.8. The van der Waals surface area contributed by atoms with Gasteiger partial charge < -0.3 is 5.32 Å². The smallest absolute Gasteiger partial charge is 0.302 e. The normalized spacial score (nSPS) is 11.9. The van der Waals surface area contributed by atoms with Gasteiger partial charge in [-0.1, -0.05) is 6.07 Å². The van der Waals surface area contributed by atoms with Crippen molar-refractivity contribution in [2.24, 2.45) is 21.1 Å². The molecule has 35 heavy (non-hydrogen) atoms. The molecule has 0 radical (unpaired) electrons. The van der Waals surface area contributed by atoms with E-state index < -0.39 is 34.7 Å². The molecule has 0 unspecified atom stereocenters. The number of carbonyl (C=O) groups is 1. The molecule has 0 saturated carbocycles. The summed E-state index contributed by atoms with van der Waals surface area (Å²) in [5.74, 6) is -2.03. The lowest BCUT2D eigenvalue weighted by atomic mass is 10.0. The Bertz CT molecular complexity index is 1610. The number of thiazole rings is 1. The van der Waals surface area contributed by atoms with Crippen molar-refractivity contribution in [2.45, 2.75) is 19.5 Å². The van der Waals surface area contributed by atoms with Crippen LogP contribution in [0.5, 0.6) is 0 Å². The molecule has 9 nitrogen and oxygen atoms in total. The Hall–Kier alpha value is -3.81. The molecule has 14 heteroatoms. The van der Waals surface area contributed by atoms with E-state index in [0.29, 0.717) is 0 Å². The molecule has 1 amide bonds. The van der Waals surface area contributed by atoms with E-state index in [4.69, 9.17) is 0 Å². The van der Waals surface area contributed by atoms with Gasteiger partial charge in [-0.15, -0.1) is 11.3 Å². The van der Waals surface area contributed by atoms with Crippen LogP contribution in [0.15, 0.2) is 27.1 Å². The molecule has 0 spiro atoms. The van der Waals surface area contributed by atoms with Crippen molar-refractivity contribution in [2.75, 3.05) is 5.32 Å². The number of halogens is 4. The summed E-state index contributed by atoms with van der Waals surface area (Å²) in [4.78, 5) is 41.5. The van der Waals surface area contributed by atoms with Crippen molar-refractivity contribution in [1.29, 1.82) is 0 Å². The summed E-state index contributed by atoms with van der Waals surface area (Å²) >= 11 is 0.905. The number of hydrogen-bond acceptors (Lipinski definition) is 6. The van der Waals surface area contributed by atoms with Crippen LogP contribution in [0.1, 0.15) is 16.8 Å². The minimum Gasteiger partial charge on any atom is -0.302 e. The van der Waals surface area contributed by atoms with E-state index in [9.17, 15) is 31.9 Å². The first kappa shape index (κ1) is 24.3. The number of carbonyl (C=O) groups excluding carboxylic acids is 1. The minimum atomic E-state index is -4.87. The summed E-state index contributed by atoms with van der Waals surface area (Å²) in [5.41, 5.74) is -2.83. The highest BCUT2D eigenvalue weighted by Gasteiger charge is 2.37. The summed E-state index contributed by atoms with van der Waals surface area (Å²) in [6.45, 7) is 1.16. The van der Waals surface area contributed by atoms with Crippen LogP contribution >= 0.6 is 11.3 Å². The standard InChI is InChI=1S/C21H18F4N6O3S/c1-9-5-6-10(16(22)15(9)21(23,24)25)11-8-35-19(26-11)27-13(32)7-12-14-17(28-31(12)4)29(2)20(34)30(3)18(14)33/h5-6,8H,7H2,1-4H3,(H,26,27,32). The van der Waals surface area contributed by atoms with Crippen LogP contribution in [0.4, 0.5) is 22.7 Å². The summed E-state index contributed by atoms with van der Waals surface area (Å²) in [6.07, 6.45) is -5.17. The van der Waals surface area contributed by atoms with Crippen LogP contribution in [-0.2, 0) is 38.5 Å². The second-order valence-electron chi connectivity index (χ2n) is 7.85. The number of aryl methyl sites for hydroxylation is 3. The maximum absolute atomic E-state index is 14.7. The van der Waals surface area contributed by atoms with Gasteiger partial charge in [-0.25, -0.2) is 14.2 Å². The number of anilines is 1. The topological polar surface area (TPSA) is 104 Å². The lowest BCUT2D eigenvalue weighted by Crippen LogP contribution is -2.37. The molecule has 3 heterocycles. The Morgan fingerprint density at radius 2 is 1.83 bits per heavy atom. The zero-order valence-corrected chi connectivity index (χ0v) is 19.6. The molecule has 0 saturated heterocycles. The van der Waals surface area contributed by atoms with Crippen molar-refractivity contribution in [3.05, 3.63) is 61.0 Å². The number of fused-ring (bicyclic) bond motifs is 1. The fourth-order valence-corrected chi connectivity index (χ4v) is 4.49. The van der Waals surface area contributed by atoms with Gasteiger partial charge in [0.25, 0.3) is 5.56 Å². The molecule has 1 aromatic carbocycles. The number of benzene rings is 1. The molecule has 184 valence electrons. The van der Waals surface area contributed by atoms with E-state index in [0.717, 1.165) is 28.9 Å². The molecule has 3 aromatic heterocycles. The van der Waals surface area contributed by atoms with Crippen molar-refractivity contribution < 1.29 is 22.4 Å². The monoisotopic (exact) mass is 510 g/mol. The molecular weight excluding hydrogens is 492 g/mol. The summed E-state index contributed by atoms with van der Waals surface area (Å²) in [7, 11) is 4.28. The molecule has 1 N–H and O–H groups in total. The number of nitrogens with zero attached hydrogens (tertiary/aromatic N) is 5. The lowest BCUT2D eigenvalue weighted by Gasteiger charge is -2.13. The summed E-state index contributed by atoms with van der Waals surface area (Å²) in [6, 6.07) is 2.35. The Balaban J connectivity index is 1.63. The van der Waals surface area contributed by atoms with Gasteiger partial charge in [0.15, 0.2) is 10.8 Å². The molecule has 0 fully saturated rings. The van der Waals surface area contributed by atoms with E-state index in [1.165, 1.54) is 41.8 Å². The minimum absolute atomic E-state index is 0.0327. The van der Waals surface area contributed by atoms with E-state index in [-0.39, 0.29) is 45.1 Å². The first-order valence-electron chi connectivity index (χ1n) is 10.0. The van der Waals surface area contributed by atoms with E-state index in [1.54, 1.807) is 0 Å². The van der Waals surface area contributed by atoms with E-state index in [2.05, 4.69) is 15.4 Å². The highest BCUT2D eigenvalue weighted by molar-refractivity contribution is 7.14. The van der Waals surface area contributed by atoms with Crippen LogP contribution in [0.3, 0.4) is 0 Å². The van der Waals surface area contributed by atoms with Gasteiger partial charge in [-0.05, 0) is 18.6 Å². The first-order chi connectivity index (χ1) is 16.3. The largest absolute Gasteiger partial charge is 0.419 e. The van der Waals surface area contributed by atoms with Crippen molar-refractivity contribution in [3.63, 3.8) is 0 Å². The predicted octanol–water partition coefficient (Wildman–Crippen LogP) is 2.74. The van der Waals surface area contributed by atoms with Crippen LogP contribution in [-0.4, -0.2) is 29.8 Å². The Morgan fingerprint density at radius 1 is 1.14 bits per heavy atom. The van der Waals surface area contributed by atoms with Crippen molar-refractivity contribution in [1.82, 2.24) is 23.9 Å². The average molecular weight is 510 g/mol. The molecular formula is C21H18F4N6O3S. The van der Waals surface area contributed by atoms with Gasteiger partial charge in [-0.2, -0.15) is 18.3 Å². The van der Waals surface area contributed by atoms with Gasteiger partial charge >= 0.3 is 11.9 Å². The zero-order chi connectivity index (χ0) is 25.8. The molecule has 4 aromatic rings. The molecule has 0 bridgehead atoms. The number of aromatic nitrogens is 5. The fraction of sp³-hybridized carbons (Fsp3) is 0.286. The Morgan fingerprint density at radius 3 is 2.49 bits per heavy atom. The Kier molecular flexibility index (Phi) is 5.87. The van der Waals surface area contributed by atoms with Gasteiger partial charge in [0.05, 0.1) is 23.4 Å². The molecule has 0 aliphatic carbocycles. The third kappa shape index (κ3) is 4.13. The van der Waals surface area contributed by atoms with Gasteiger partial charge in [-0.3, -0.25) is 23.4 Å². The number of nitrogens with one attached hydrogen (secondary N) is 1. The SMILES string of the molecule is Cc1ccc(-c2csc(NC(=O)Cc3c4c(=O)n(C)c(=O)n(C)c4nn3C)n2)c(F)c1C(F)(F)F. The maximum Gasteiger partial charge on any atom is 0.419 e. The van der Waals surface area contributed by atoms with Crippen LogP contribution < -0.4 is 16.6 Å². The van der Waals surface area contributed by atoms with E-state index in [1.807, 2.05) is 0 Å². The van der Waals surface area contributed by atoms with Crippen molar-refractivity contribution >= 4 is 33.4 Å². The highest BCUT2D eigenvalue weighted by atomic mass is 32.1. The molecule has 0 atom stereocenters. The highest BCUT2D eigenvalue weighted by Crippen LogP contribution is 2.38. The number of amides is 1. The molecule has 0 aliphatic rings. The van der Waals surface area contributed by atoms with E-state index >= 15 is 0 Å². The number of rotatable bonds is 4. The first-order valence-corrected chi connectivity index (χ1v) is 10.9. The lowest BCUT2D eigenvalue weighted by molar-refractivity contribution is -0.140. The van der Waals surface area contributed by atoms with Gasteiger partial charge in [0.1, 0.15) is 11.2 Å². The second kappa shape index (κ2) is 8.45. The van der Waals surface area contributed by atoms with Crippen LogP contribution in [0.2, 0.25) is 0 Å². The van der Waals surface area contributed by atoms with Crippen LogP contribution in [0, 0.1) is 12.7 Å². The van der Waals surface area contributed by atoms with Crippen molar-refractivity contribution in [3.8, 4) is 11.3 Å². The molecule has 4 rings (SSSR count). The third-order valence-corrected chi connectivity index (χ3v) is 6.30. The Labute approximate surface area is 198 Å². The van der Waals surface area contributed by atoms with Gasteiger partial charge in [0.2, 0.25) is 5.91 Å². The predicted molar refractivity (Wildman–Crippen MR) is 121 cm³/mol. The van der Waals surface area contributed by atoms with Gasteiger partial charge in [0, 0.05) is 32.1 Å². The average Bonchev–Trinajstić information content (AvgIpc) is 3.34. The fourth-order valence-electron chi connectivity index (χ4n) is 3.76. The number of hydrogen-bond donors (Lipinski definition) is 1. The quantitative estimate of drug-likeness (QED) is 0.426. The summed E-state index contributed by atoms with van der Waals surface area (Å²) in [5, 5.41) is 8.13.